The largest absolute Gasteiger partial charge is 0.493 e. The monoisotopic (exact) mass is 285 g/mol. The third kappa shape index (κ3) is 4.01. The molecule has 0 saturated heterocycles. The van der Waals surface area contributed by atoms with Crippen molar-refractivity contribution in [1.29, 1.82) is 5.26 Å². The van der Waals surface area contributed by atoms with Crippen LogP contribution in [0.25, 0.3) is 0 Å². The summed E-state index contributed by atoms with van der Waals surface area (Å²) >= 11 is 7.47. The lowest BCUT2D eigenvalue weighted by molar-refractivity contribution is 0.354. The summed E-state index contributed by atoms with van der Waals surface area (Å²) in [5.74, 6) is 2.48. The van der Waals surface area contributed by atoms with Crippen molar-refractivity contribution >= 4 is 23.4 Å². The van der Waals surface area contributed by atoms with Crippen LogP contribution in [0.15, 0.2) is 12.1 Å². The van der Waals surface area contributed by atoms with Crippen molar-refractivity contribution in [3.63, 3.8) is 0 Å². The van der Waals surface area contributed by atoms with E-state index in [0.29, 0.717) is 22.4 Å². The fourth-order valence-electron chi connectivity index (χ4n) is 1.67. The number of benzene rings is 1. The summed E-state index contributed by atoms with van der Waals surface area (Å²) in [6, 6.07) is 3.66. The molecule has 0 heterocycles. The molecule has 0 bridgehead atoms. The van der Waals surface area contributed by atoms with Gasteiger partial charge in [0.25, 0.3) is 0 Å². The Morgan fingerprint density at radius 2 is 1.94 bits per heavy atom. The highest BCUT2D eigenvalue weighted by Gasteiger charge is 2.12. The lowest BCUT2D eigenvalue weighted by Gasteiger charge is -2.14. The van der Waals surface area contributed by atoms with Crippen LogP contribution in [-0.2, 0) is 6.42 Å². The zero-order chi connectivity index (χ0) is 13.5. The maximum absolute atomic E-state index is 8.54. The van der Waals surface area contributed by atoms with Gasteiger partial charge < -0.3 is 9.47 Å². The van der Waals surface area contributed by atoms with Gasteiger partial charge in [-0.1, -0.05) is 18.5 Å². The molecular weight excluding hydrogens is 270 g/mol. The first-order chi connectivity index (χ1) is 8.62. The van der Waals surface area contributed by atoms with Crippen LogP contribution in [0.5, 0.6) is 11.5 Å². The third-order valence-electron chi connectivity index (χ3n) is 2.55. The van der Waals surface area contributed by atoms with Gasteiger partial charge in [0, 0.05) is 16.8 Å². The van der Waals surface area contributed by atoms with Crippen molar-refractivity contribution in [2.45, 2.75) is 13.3 Å². The summed E-state index contributed by atoms with van der Waals surface area (Å²) in [5.41, 5.74) is 1.01. The van der Waals surface area contributed by atoms with Gasteiger partial charge in [-0.3, -0.25) is 0 Å². The lowest BCUT2D eigenvalue weighted by atomic mass is 10.0. The standard InChI is InChI=1S/C13H16ClNO2S/c1-9(7-18-8-15)4-10-5-12(16-2)13(17-3)6-11(10)14/h5-6,9H,4,7H2,1-3H3. The quantitative estimate of drug-likeness (QED) is 0.747. The van der Waals surface area contributed by atoms with Crippen molar-refractivity contribution in [3.8, 4) is 16.9 Å². The number of thiocyanates is 1. The molecule has 1 unspecified atom stereocenters. The number of methoxy groups -OCH3 is 2. The van der Waals surface area contributed by atoms with Crippen LogP contribution in [0.1, 0.15) is 12.5 Å². The Bertz CT molecular complexity index is 445. The van der Waals surface area contributed by atoms with Gasteiger partial charge in [-0.05, 0) is 35.7 Å². The minimum atomic E-state index is 0.380. The summed E-state index contributed by atoms with van der Waals surface area (Å²) in [4.78, 5) is 0. The van der Waals surface area contributed by atoms with Crippen LogP contribution in [0.3, 0.4) is 0 Å². The Morgan fingerprint density at radius 1 is 1.33 bits per heavy atom. The van der Waals surface area contributed by atoms with E-state index in [1.807, 2.05) is 6.07 Å². The van der Waals surface area contributed by atoms with E-state index in [0.717, 1.165) is 17.7 Å². The number of halogens is 1. The van der Waals surface area contributed by atoms with E-state index in [-0.39, 0.29) is 0 Å². The number of rotatable bonds is 6. The highest BCUT2D eigenvalue weighted by atomic mass is 35.5. The number of thioether (sulfide) groups is 1. The number of ether oxygens (including phenoxy) is 2. The second kappa shape index (κ2) is 7.40. The number of nitriles is 1. The van der Waals surface area contributed by atoms with E-state index >= 15 is 0 Å². The highest BCUT2D eigenvalue weighted by Crippen LogP contribution is 2.34. The molecule has 0 aliphatic carbocycles. The number of nitrogens with zero attached hydrogens (tertiary/aromatic N) is 1. The van der Waals surface area contributed by atoms with Crippen LogP contribution >= 0.6 is 23.4 Å². The lowest BCUT2D eigenvalue weighted by Crippen LogP contribution is -2.04. The van der Waals surface area contributed by atoms with Gasteiger partial charge in [0.2, 0.25) is 0 Å². The Morgan fingerprint density at radius 3 is 2.50 bits per heavy atom. The number of hydrogen-bond acceptors (Lipinski definition) is 4. The van der Waals surface area contributed by atoms with Crippen molar-refractivity contribution in [1.82, 2.24) is 0 Å². The molecule has 18 heavy (non-hydrogen) atoms. The first kappa shape index (κ1) is 15.0. The molecule has 0 amide bonds. The molecule has 1 atom stereocenters. The molecule has 1 aromatic carbocycles. The normalized spacial score (nSPS) is 11.7. The maximum Gasteiger partial charge on any atom is 0.162 e. The van der Waals surface area contributed by atoms with E-state index in [1.54, 1.807) is 20.3 Å². The van der Waals surface area contributed by atoms with Crippen molar-refractivity contribution in [3.05, 3.63) is 22.7 Å². The molecule has 0 aromatic heterocycles. The van der Waals surface area contributed by atoms with E-state index in [9.17, 15) is 0 Å². The summed E-state index contributed by atoms with van der Waals surface area (Å²) in [5, 5.41) is 11.3. The topological polar surface area (TPSA) is 42.2 Å². The van der Waals surface area contributed by atoms with Crippen molar-refractivity contribution < 1.29 is 9.47 Å². The van der Waals surface area contributed by atoms with Crippen LogP contribution in [0, 0.1) is 16.6 Å². The smallest absolute Gasteiger partial charge is 0.162 e. The zero-order valence-corrected chi connectivity index (χ0v) is 12.3. The fraction of sp³-hybridized carbons (Fsp3) is 0.462. The second-order valence-electron chi connectivity index (χ2n) is 4.01. The van der Waals surface area contributed by atoms with Gasteiger partial charge in [-0.25, -0.2) is 0 Å². The van der Waals surface area contributed by atoms with Crippen LogP contribution in [-0.4, -0.2) is 20.0 Å². The second-order valence-corrected chi connectivity index (χ2v) is 5.22. The molecule has 1 aromatic rings. The van der Waals surface area contributed by atoms with Crippen LogP contribution in [0.4, 0.5) is 0 Å². The molecule has 0 N–H and O–H groups in total. The Balaban J connectivity index is 2.86. The van der Waals surface area contributed by atoms with E-state index < -0.39 is 0 Å². The average molecular weight is 286 g/mol. The van der Waals surface area contributed by atoms with Gasteiger partial charge in [0.15, 0.2) is 11.5 Å². The Hall–Kier alpha value is -1.05. The minimum Gasteiger partial charge on any atom is -0.493 e. The van der Waals surface area contributed by atoms with Crippen LogP contribution < -0.4 is 9.47 Å². The van der Waals surface area contributed by atoms with E-state index in [2.05, 4.69) is 12.3 Å². The average Bonchev–Trinajstić information content (AvgIpc) is 2.38. The first-order valence-corrected chi connectivity index (χ1v) is 6.90. The molecule has 0 aliphatic heterocycles. The molecule has 98 valence electrons. The van der Waals surface area contributed by atoms with Gasteiger partial charge >= 0.3 is 0 Å². The third-order valence-corrected chi connectivity index (χ3v) is 3.77. The minimum absolute atomic E-state index is 0.380. The van der Waals surface area contributed by atoms with Gasteiger partial charge in [-0.2, -0.15) is 5.26 Å². The van der Waals surface area contributed by atoms with Gasteiger partial charge in [0.05, 0.1) is 14.2 Å². The van der Waals surface area contributed by atoms with Gasteiger partial charge in [-0.15, -0.1) is 0 Å². The Kier molecular flexibility index (Phi) is 6.17. The molecular formula is C13H16ClNO2S. The predicted molar refractivity (Wildman–Crippen MR) is 75.5 cm³/mol. The van der Waals surface area contributed by atoms with Crippen LogP contribution in [0.2, 0.25) is 5.02 Å². The molecule has 0 spiro atoms. The molecule has 0 radical (unpaired) electrons. The van der Waals surface area contributed by atoms with Crippen molar-refractivity contribution in [2.75, 3.05) is 20.0 Å². The maximum atomic E-state index is 8.54. The summed E-state index contributed by atoms with van der Waals surface area (Å²) in [6.45, 7) is 2.09. The van der Waals surface area contributed by atoms with E-state index in [1.165, 1.54) is 11.8 Å². The molecule has 0 saturated carbocycles. The van der Waals surface area contributed by atoms with Gasteiger partial charge in [0.1, 0.15) is 5.40 Å². The van der Waals surface area contributed by atoms with E-state index in [4.69, 9.17) is 26.3 Å². The number of hydrogen-bond donors (Lipinski definition) is 0. The first-order valence-electron chi connectivity index (χ1n) is 5.53. The summed E-state index contributed by atoms with van der Waals surface area (Å²) in [6.07, 6.45) is 0.813. The molecule has 5 heteroatoms. The highest BCUT2D eigenvalue weighted by molar-refractivity contribution is 8.03. The zero-order valence-electron chi connectivity index (χ0n) is 10.7. The summed E-state index contributed by atoms with van der Waals surface area (Å²) < 4.78 is 10.4. The molecule has 1 rings (SSSR count). The summed E-state index contributed by atoms with van der Waals surface area (Å²) in [7, 11) is 3.19. The van der Waals surface area contributed by atoms with Crippen molar-refractivity contribution in [2.24, 2.45) is 5.92 Å². The SMILES string of the molecule is COc1cc(Cl)c(CC(C)CSC#N)cc1OC. The Labute approximate surface area is 117 Å². The fourth-order valence-corrected chi connectivity index (χ4v) is 2.37. The predicted octanol–water partition coefficient (Wildman–Crippen LogP) is 3.75. The molecule has 3 nitrogen and oxygen atoms in total. The molecule has 0 fully saturated rings. The molecule has 0 aliphatic rings.